The number of rotatable bonds is 5. The van der Waals surface area contributed by atoms with Crippen LogP contribution < -0.4 is 10.9 Å². The van der Waals surface area contributed by atoms with Gasteiger partial charge in [0.1, 0.15) is 0 Å². The van der Waals surface area contributed by atoms with E-state index in [2.05, 4.69) is 10.4 Å². The van der Waals surface area contributed by atoms with Gasteiger partial charge in [-0.25, -0.2) is 4.79 Å². The summed E-state index contributed by atoms with van der Waals surface area (Å²) < 4.78 is 6.39. The van der Waals surface area contributed by atoms with Crippen LogP contribution in [0.4, 0.5) is 5.69 Å². The molecular weight excluding hydrogens is 406 g/mol. The van der Waals surface area contributed by atoms with E-state index in [4.69, 9.17) is 4.74 Å². The van der Waals surface area contributed by atoms with Crippen molar-refractivity contribution in [2.24, 2.45) is 0 Å². The van der Waals surface area contributed by atoms with Crippen LogP contribution in [0.15, 0.2) is 77.6 Å². The van der Waals surface area contributed by atoms with Gasteiger partial charge in [0.2, 0.25) is 0 Å². The van der Waals surface area contributed by atoms with E-state index in [1.807, 2.05) is 38.1 Å². The Bertz CT molecular complexity index is 1360. The molecule has 160 valence electrons. The number of hydrogen-bond donors (Lipinski definition) is 1. The number of fused-ring (bicyclic) bond motifs is 1. The molecule has 4 rings (SSSR count). The third-order valence-corrected chi connectivity index (χ3v) is 4.84. The van der Waals surface area contributed by atoms with Gasteiger partial charge in [-0.2, -0.15) is 9.78 Å². The highest BCUT2D eigenvalue weighted by Gasteiger charge is 2.19. The quantitative estimate of drug-likeness (QED) is 0.489. The fourth-order valence-electron chi connectivity index (χ4n) is 3.53. The summed E-state index contributed by atoms with van der Waals surface area (Å²) in [5, 5.41) is 7.67. The molecule has 0 spiro atoms. The van der Waals surface area contributed by atoms with E-state index in [1.54, 1.807) is 48.5 Å². The number of carbonyl (C=O) groups excluding carboxylic acids is 2. The molecule has 7 nitrogen and oxygen atoms in total. The molecule has 0 bridgehead atoms. The zero-order valence-electron chi connectivity index (χ0n) is 17.7. The minimum Gasteiger partial charge on any atom is -0.451 e. The molecule has 0 radical (unpaired) electrons. The average molecular weight is 427 g/mol. The molecule has 0 atom stereocenters. The van der Waals surface area contributed by atoms with Gasteiger partial charge in [-0.1, -0.05) is 42.5 Å². The summed E-state index contributed by atoms with van der Waals surface area (Å²) in [5.41, 5.74) is 2.78. The SMILES string of the molecule is Cc1cc(C)cc(NC(=O)COC(=O)c2nn(-c3ccccc3)c(=O)c3ccccc23)c1. The zero-order chi connectivity index (χ0) is 22.7. The number of nitrogens with one attached hydrogen (secondary N) is 1. The third-order valence-electron chi connectivity index (χ3n) is 4.84. The maximum absolute atomic E-state index is 12.9. The number of ether oxygens (including phenoxy) is 1. The molecule has 1 heterocycles. The largest absolute Gasteiger partial charge is 0.451 e. The van der Waals surface area contributed by atoms with Crippen molar-refractivity contribution in [2.75, 3.05) is 11.9 Å². The number of aromatic nitrogens is 2. The molecule has 0 aliphatic heterocycles. The Labute approximate surface area is 184 Å². The summed E-state index contributed by atoms with van der Waals surface area (Å²) in [6, 6.07) is 21.1. The van der Waals surface area contributed by atoms with Crippen LogP contribution in [0.5, 0.6) is 0 Å². The maximum atomic E-state index is 12.9. The number of esters is 1. The summed E-state index contributed by atoms with van der Waals surface area (Å²) in [7, 11) is 0. The fraction of sp³-hybridized carbons (Fsp3) is 0.120. The molecule has 0 saturated heterocycles. The Balaban J connectivity index is 1.60. The molecule has 0 aliphatic carbocycles. The number of hydrogen-bond acceptors (Lipinski definition) is 5. The number of amides is 1. The summed E-state index contributed by atoms with van der Waals surface area (Å²) in [4.78, 5) is 38.1. The highest BCUT2D eigenvalue weighted by molar-refractivity contribution is 6.03. The lowest BCUT2D eigenvalue weighted by atomic mass is 10.1. The van der Waals surface area contributed by atoms with Gasteiger partial charge in [-0.05, 0) is 55.3 Å². The molecule has 32 heavy (non-hydrogen) atoms. The van der Waals surface area contributed by atoms with Gasteiger partial charge < -0.3 is 10.1 Å². The third kappa shape index (κ3) is 4.41. The van der Waals surface area contributed by atoms with E-state index < -0.39 is 18.5 Å². The number of anilines is 1. The van der Waals surface area contributed by atoms with Crippen LogP contribution in [-0.4, -0.2) is 28.3 Å². The second-order valence-electron chi connectivity index (χ2n) is 7.45. The van der Waals surface area contributed by atoms with Crippen molar-refractivity contribution in [3.63, 3.8) is 0 Å². The first-order valence-corrected chi connectivity index (χ1v) is 10.0. The lowest BCUT2D eigenvalue weighted by Crippen LogP contribution is -2.26. The van der Waals surface area contributed by atoms with Gasteiger partial charge in [0.15, 0.2) is 12.3 Å². The second-order valence-corrected chi connectivity index (χ2v) is 7.45. The molecule has 0 saturated carbocycles. The highest BCUT2D eigenvalue weighted by Crippen LogP contribution is 2.17. The maximum Gasteiger partial charge on any atom is 0.359 e. The lowest BCUT2D eigenvalue weighted by Gasteiger charge is -2.11. The molecule has 4 aromatic rings. The van der Waals surface area contributed by atoms with Crippen LogP contribution in [0.25, 0.3) is 16.5 Å². The van der Waals surface area contributed by atoms with Gasteiger partial charge in [0.25, 0.3) is 11.5 Å². The van der Waals surface area contributed by atoms with Crippen LogP contribution in [0.2, 0.25) is 0 Å². The van der Waals surface area contributed by atoms with Crippen molar-refractivity contribution in [3.05, 3.63) is 100.0 Å². The Kier molecular flexibility index (Phi) is 5.81. The zero-order valence-corrected chi connectivity index (χ0v) is 17.7. The highest BCUT2D eigenvalue weighted by atomic mass is 16.5. The smallest absolute Gasteiger partial charge is 0.359 e. The molecular formula is C25H21N3O4. The molecule has 0 fully saturated rings. The Morgan fingerprint density at radius 2 is 1.53 bits per heavy atom. The predicted molar refractivity (Wildman–Crippen MR) is 122 cm³/mol. The number of para-hydroxylation sites is 1. The normalized spacial score (nSPS) is 10.7. The van der Waals surface area contributed by atoms with Crippen molar-refractivity contribution in [3.8, 4) is 5.69 Å². The van der Waals surface area contributed by atoms with E-state index in [1.165, 1.54) is 0 Å². The van der Waals surface area contributed by atoms with Crippen molar-refractivity contribution < 1.29 is 14.3 Å². The molecule has 1 N–H and O–H groups in total. The number of nitrogens with zero attached hydrogens (tertiary/aromatic N) is 2. The van der Waals surface area contributed by atoms with Crippen LogP contribution in [0, 0.1) is 13.8 Å². The van der Waals surface area contributed by atoms with Gasteiger partial charge >= 0.3 is 5.97 Å². The van der Waals surface area contributed by atoms with Gasteiger partial charge in [0.05, 0.1) is 11.1 Å². The van der Waals surface area contributed by atoms with E-state index in [-0.39, 0.29) is 11.3 Å². The van der Waals surface area contributed by atoms with Crippen LogP contribution in [-0.2, 0) is 9.53 Å². The summed E-state index contributed by atoms with van der Waals surface area (Å²) in [6.07, 6.45) is 0. The van der Waals surface area contributed by atoms with Gasteiger partial charge in [-0.15, -0.1) is 0 Å². The van der Waals surface area contributed by atoms with Crippen LogP contribution in [0.3, 0.4) is 0 Å². The fourth-order valence-corrected chi connectivity index (χ4v) is 3.53. The summed E-state index contributed by atoms with van der Waals surface area (Å²) in [5.74, 6) is -1.26. The number of aryl methyl sites for hydroxylation is 2. The van der Waals surface area contributed by atoms with E-state index in [9.17, 15) is 14.4 Å². The Morgan fingerprint density at radius 1 is 0.906 bits per heavy atom. The lowest BCUT2D eigenvalue weighted by molar-refractivity contribution is -0.119. The summed E-state index contributed by atoms with van der Waals surface area (Å²) >= 11 is 0. The first-order chi connectivity index (χ1) is 15.4. The second kappa shape index (κ2) is 8.85. The minimum atomic E-state index is -0.790. The van der Waals surface area contributed by atoms with E-state index in [0.29, 0.717) is 22.1 Å². The molecule has 7 heteroatoms. The Morgan fingerprint density at radius 3 is 2.22 bits per heavy atom. The molecule has 0 unspecified atom stereocenters. The van der Waals surface area contributed by atoms with Gasteiger partial charge in [0, 0.05) is 11.1 Å². The van der Waals surface area contributed by atoms with E-state index >= 15 is 0 Å². The monoisotopic (exact) mass is 427 g/mol. The average Bonchev–Trinajstić information content (AvgIpc) is 2.78. The van der Waals surface area contributed by atoms with Crippen LogP contribution >= 0.6 is 0 Å². The van der Waals surface area contributed by atoms with Crippen molar-refractivity contribution in [1.29, 1.82) is 0 Å². The first kappa shape index (κ1) is 21.0. The van der Waals surface area contributed by atoms with Crippen LogP contribution in [0.1, 0.15) is 21.6 Å². The predicted octanol–water partition coefficient (Wildman–Crippen LogP) is 3.80. The molecule has 3 aromatic carbocycles. The van der Waals surface area contributed by atoms with E-state index in [0.717, 1.165) is 15.8 Å². The first-order valence-electron chi connectivity index (χ1n) is 10.0. The Hall–Kier alpha value is -4.26. The number of carbonyl (C=O) groups is 2. The molecule has 1 aromatic heterocycles. The van der Waals surface area contributed by atoms with Gasteiger partial charge in [-0.3, -0.25) is 9.59 Å². The van der Waals surface area contributed by atoms with Crippen molar-refractivity contribution in [1.82, 2.24) is 9.78 Å². The van der Waals surface area contributed by atoms with Crippen molar-refractivity contribution >= 4 is 28.3 Å². The minimum absolute atomic E-state index is 0.0387. The summed E-state index contributed by atoms with van der Waals surface area (Å²) in [6.45, 7) is 3.38. The number of benzene rings is 3. The molecule has 1 amide bonds. The molecule has 0 aliphatic rings. The standard InChI is InChI=1S/C25H21N3O4/c1-16-12-17(2)14-18(13-16)26-22(29)15-32-25(31)23-20-10-6-7-11-21(20)24(30)28(27-23)19-8-4-3-5-9-19/h3-14H,15H2,1-2H3,(H,26,29). The van der Waals surface area contributed by atoms with Crippen molar-refractivity contribution in [2.45, 2.75) is 13.8 Å². The topological polar surface area (TPSA) is 90.3 Å².